The Bertz CT molecular complexity index is 402. The Balaban J connectivity index is 3.10. The summed E-state index contributed by atoms with van der Waals surface area (Å²) in [6, 6.07) is 1.68. The van der Waals surface area contributed by atoms with Crippen molar-refractivity contribution in [2.24, 2.45) is 0 Å². The van der Waals surface area contributed by atoms with E-state index in [1.54, 1.807) is 13.0 Å². The van der Waals surface area contributed by atoms with Crippen molar-refractivity contribution in [3.63, 3.8) is 0 Å². The van der Waals surface area contributed by atoms with Crippen LogP contribution in [0.5, 0.6) is 0 Å². The molecule has 1 rings (SSSR count). The maximum Gasteiger partial charge on any atom is 0.357 e. The zero-order chi connectivity index (χ0) is 10.6. The first-order valence-corrected chi connectivity index (χ1v) is 3.85. The topological polar surface area (TPSA) is 95.8 Å². The van der Waals surface area contributed by atoms with Crippen LogP contribution in [-0.2, 0) is 4.74 Å². The van der Waals surface area contributed by atoms with Crippen LogP contribution in [0.25, 0.3) is 0 Å². The van der Waals surface area contributed by atoms with Crippen molar-refractivity contribution in [3.05, 3.63) is 17.0 Å². The summed E-state index contributed by atoms with van der Waals surface area (Å²) in [4.78, 5) is 21.7. The van der Waals surface area contributed by atoms with E-state index in [9.17, 15) is 9.59 Å². The Morgan fingerprint density at radius 1 is 1.79 bits per heavy atom. The van der Waals surface area contributed by atoms with Crippen molar-refractivity contribution >= 4 is 12.3 Å². The largest absolute Gasteiger partial charge is 0.461 e. The third-order valence-corrected chi connectivity index (χ3v) is 1.51. The third kappa shape index (κ3) is 1.61. The number of carbonyl (C=O) groups is 2. The van der Waals surface area contributed by atoms with Gasteiger partial charge in [0.15, 0.2) is 17.7 Å². The maximum absolute atomic E-state index is 11.2. The number of H-pyrrole nitrogens is 1. The number of esters is 1. The Hall–Kier alpha value is -2.16. The van der Waals surface area contributed by atoms with Crippen LogP contribution in [0.2, 0.25) is 0 Å². The van der Waals surface area contributed by atoms with Crippen LogP contribution < -0.4 is 0 Å². The maximum atomic E-state index is 11.2. The minimum absolute atomic E-state index is 0.0639. The first kappa shape index (κ1) is 9.92. The van der Waals surface area contributed by atoms with E-state index in [1.807, 2.05) is 0 Å². The smallest absolute Gasteiger partial charge is 0.357 e. The van der Waals surface area contributed by atoms with Crippen molar-refractivity contribution < 1.29 is 14.3 Å². The molecule has 0 aliphatic carbocycles. The molecule has 0 amide bonds. The Labute approximate surface area is 79.5 Å². The summed E-state index contributed by atoms with van der Waals surface area (Å²) in [7, 11) is 0. The van der Waals surface area contributed by atoms with Gasteiger partial charge < -0.3 is 4.74 Å². The molecule has 1 heterocycles. The Morgan fingerprint density at radius 3 is 3.00 bits per heavy atom. The number of hydrogen-bond acceptors (Lipinski definition) is 5. The van der Waals surface area contributed by atoms with Crippen LogP contribution in [-0.4, -0.2) is 29.1 Å². The second-order valence-corrected chi connectivity index (χ2v) is 2.31. The first-order valence-electron chi connectivity index (χ1n) is 3.85. The molecule has 0 unspecified atom stereocenters. The number of aldehydes is 1. The van der Waals surface area contributed by atoms with E-state index in [-0.39, 0.29) is 23.6 Å². The molecule has 0 aliphatic rings. The number of aromatic nitrogens is 2. The Kier molecular flexibility index (Phi) is 2.97. The van der Waals surface area contributed by atoms with E-state index < -0.39 is 5.97 Å². The molecule has 0 aromatic carbocycles. The predicted molar refractivity (Wildman–Crippen MR) is 44.6 cm³/mol. The molecule has 6 nitrogen and oxygen atoms in total. The van der Waals surface area contributed by atoms with Crippen LogP contribution in [0.1, 0.15) is 33.5 Å². The summed E-state index contributed by atoms with van der Waals surface area (Å²) >= 11 is 0. The highest BCUT2D eigenvalue weighted by atomic mass is 16.5. The molecule has 1 N–H and O–H groups in total. The SMILES string of the molecule is CCOC(=O)c1[nH]nc(C#N)c1C=O. The molecule has 14 heavy (non-hydrogen) atoms. The van der Waals surface area contributed by atoms with Crippen LogP contribution in [0.15, 0.2) is 0 Å². The van der Waals surface area contributed by atoms with Gasteiger partial charge in [-0.1, -0.05) is 0 Å². The molecule has 0 bridgehead atoms. The summed E-state index contributed by atoms with van der Waals surface area (Å²) in [5.74, 6) is -0.691. The zero-order valence-corrected chi connectivity index (χ0v) is 7.40. The van der Waals surface area contributed by atoms with Gasteiger partial charge >= 0.3 is 5.97 Å². The lowest BCUT2D eigenvalue weighted by Crippen LogP contribution is -2.07. The highest BCUT2D eigenvalue weighted by Crippen LogP contribution is 2.08. The highest BCUT2D eigenvalue weighted by molar-refractivity contribution is 5.97. The number of aromatic amines is 1. The van der Waals surface area contributed by atoms with Gasteiger partial charge in [-0.3, -0.25) is 9.89 Å². The lowest BCUT2D eigenvalue weighted by Gasteiger charge is -1.97. The minimum Gasteiger partial charge on any atom is -0.461 e. The van der Waals surface area contributed by atoms with Crippen molar-refractivity contribution in [3.8, 4) is 6.07 Å². The summed E-state index contributed by atoms with van der Waals surface area (Å²) in [6.45, 7) is 1.83. The molecule has 0 aliphatic heterocycles. The summed E-state index contributed by atoms with van der Waals surface area (Å²) in [6.07, 6.45) is 0.397. The van der Waals surface area contributed by atoms with Gasteiger partial charge in [0, 0.05) is 0 Å². The molecule has 0 fully saturated rings. The van der Waals surface area contributed by atoms with E-state index in [0.717, 1.165) is 0 Å². The number of nitriles is 1. The minimum atomic E-state index is -0.691. The van der Waals surface area contributed by atoms with Crippen LogP contribution in [0, 0.1) is 11.3 Å². The molecular formula is C8H7N3O3. The molecule has 0 saturated heterocycles. The van der Waals surface area contributed by atoms with Crippen molar-refractivity contribution in [2.45, 2.75) is 6.92 Å². The predicted octanol–water partition coefficient (Wildman–Crippen LogP) is 0.271. The number of nitrogens with one attached hydrogen (secondary N) is 1. The van der Waals surface area contributed by atoms with Crippen molar-refractivity contribution in [2.75, 3.05) is 6.61 Å². The van der Waals surface area contributed by atoms with E-state index in [2.05, 4.69) is 14.9 Å². The van der Waals surface area contributed by atoms with E-state index in [0.29, 0.717) is 6.29 Å². The first-order chi connectivity index (χ1) is 6.74. The molecule has 0 radical (unpaired) electrons. The van der Waals surface area contributed by atoms with Crippen LogP contribution >= 0.6 is 0 Å². The zero-order valence-electron chi connectivity index (χ0n) is 7.40. The summed E-state index contributed by atoms with van der Waals surface area (Å²) in [5, 5.41) is 14.3. The van der Waals surface area contributed by atoms with Gasteiger partial charge in [0.05, 0.1) is 12.2 Å². The molecule has 6 heteroatoms. The molecular weight excluding hydrogens is 186 g/mol. The fourth-order valence-corrected chi connectivity index (χ4v) is 0.909. The molecule has 72 valence electrons. The molecule has 0 atom stereocenters. The number of carbonyl (C=O) groups excluding carboxylic acids is 2. The fourth-order valence-electron chi connectivity index (χ4n) is 0.909. The molecule has 1 aromatic heterocycles. The van der Waals surface area contributed by atoms with Crippen LogP contribution in [0.3, 0.4) is 0 Å². The number of nitrogens with zero attached hydrogens (tertiary/aromatic N) is 2. The summed E-state index contributed by atoms with van der Waals surface area (Å²) < 4.78 is 4.65. The molecule has 1 aromatic rings. The van der Waals surface area contributed by atoms with Crippen molar-refractivity contribution in [1.82, 2.24) is 10.2 Å². The second kappa shape index (κ2) is 4.18. The van der Waals surface area contributed by atoms with Gasteiger partial charge in [-0.05, 0) is 6.92 Å². The van der Waals surface area contributed by atoms with E-state index >= 15 is 0 Å². The highest BCUT2D eigenvalue weighted by Gasteiger charge is 2.19. The standard InChI is InChI=1S/C8H7N3O3/c1-2-14-8(13)7-5(4-12)6(3-9)10-11-7/h4H,2H2,1H3,(H,10,11). The van der Waals surface area contributed by atoms with E-state index in [4.69, 9.17) is 5.26 Å². The quantitative estimate of drug-likeness (QED) is 0.549. The monoisotopic (exact) mass is 193 g/mol. The van der Waals surface area contributed by atoms with Gasteiger partial charge in [-0.25, -0.2) is 4.79 Å². The van der Waals surface area contributed by atoms with Gasteiger partial charge in [-0.2, -0.15) is 10.4 Å². The normalized spacial score (nSPS) is 9.14. The fraction of sp³-hybridized carbons (Fsp3) is 0.250. The van der Waals surface area contributed by atoms with Gasteiger partial charge in [0.2, 0.25) is 0 Å². The number of rotatable bonds is 3. The lowest BCUT2D eigenvalue weighted by atomic mass is 10.2. The summed E-state index contributed by atoms with van der Waals surface area (Å²) in [5.41, 5.74) is -0.257. The average Bonchev–Trinajstić information content (AvgIpc) is 2.60. The average molecular weight is 193 g/mol. The van der Waals surface area contributed by atoms with Crippen molar-refractivity contribution in [1.29, 1.82) is 5.26 Å². The molecule has 0 saturated carbocycles. The lowest BCUT2D eigenvalue weighted by molar-refractivity contribution is 0.0517. The second-order valence-electron chi connectivity index (χ2n) is 2.31. The van der Waals surface area contributed by atoms with Gasteiger partial charge in [0.1, 0.15) is 6.07 Å². The number of hydrogen-bond donors (Lipinski definition) is 1. The third-order valence-electron chi connectivity index (χ3n) is 1.51. The van der Waals surface area contributed by atoms with Crippen LogP contribution in [0.4, 0.5) is 0 Å². The van der Waals surface area contributed by atoms with Gasteiger partial charge in [0.25, 0.3) is 0 Å². The van der Waals surface area contributed by atoms with E-state index in [1.165, 1.54) is 0 Å². The number of ether oxygens (including phenoxy) is 1. The van der Waals surface area contributed by atoms with Gasteiger partial charge in [-0.15, -0.1) is 0 Å². The Morgan fingerprint density at radius 2 is 2.50 bits per heavy atom. The molecule has 0 spiro atoms.